The highest BCUT2D eigenvalue weighted by molar-refractivity contribution is 7.43. The maximum absolute atomic E-state index is 12.0. The predicted molar refractivity (Wildman–Crippen MR) is 127 cm³/mol. The number of rotatable bonds is 26. The van der Waals surface area contributed by atoms with E-state index in [4.69, 9.17) is 42.6 Å². The third-order valence-electron chi connectivity index (χ3n) is 5.46. The Morgan fingerprint density at radius 2 is 0.738 bits per heavy atom. The van der Waals surface area contributed by atoms with Crippen LogP contribution < -0.4 is 24.8 Å². The lowest BCUT2D eigenvalue weighted by Gasteiger charge is -2.53. The molecule has 0 spiro atoms. The van der Waals surface area contributed by atoms with E-state index in [1.807, 2.05) is 0 Å². The molecule has 4 unspecified atom stereocenters. The SMILES string of the molecule is COCCOCCOC1C(O[O-])[C@@H](OCCOCCOC)C(OP(=O)([O-])[O-])C(OCCOCCOC)[C@H]1OP(=O)([O-])[O-]. The number of hydrogen-bond donors (Lipinski definition) is 0. The Morgan fingerprint density at radius 1 is 0.452 bits per heavy atom. The van der Waals surface area contributed by atoms with Gasteiger partial charge in [-0.3, -0.25) is 0 Å². The van der Waals surface area contributed by atoms with Crippen molar-refractivity contribution in [1.82, 2.24) is 0 Å². The van der Waals surface area contributed by atoms with E-state index in [0.29, 0.717) is 0 Å². The fourth-order valence-electron chi connectivity index (χ4n) is 3.80. The molecule has 1 aliphatic rings. The molecule has 0 aliphatic heterocycles. The summed E-state index contributed by atoms with van der Waals surface area (Å²) in [6, 6.07) is 0. The van der Waals surface area contributed by atoms with Crippen molar-refractivity contribution in [3.05, 3.63) is 0 Å². The molecule has 1 saturated carbocycles. The fraction of sp³-hybridized carbons (Fsp3) is 1.00. The first-order valence-electron chi connectivity index (χ1n) is 12.7. The van der Waals surface area contributed by atoms with Gasteiger partial charge in [0.1, 0.15) is 36.6 Å². The van der Waals surface area contributed by atoms with E-state index in [-0.39, 0.29) is 79.3 Å². The third-order valence-corrected chi connectivity index (χ3v) is 6.47. The molecule has 42 heavy (non-hydrogen) atoms. The van der Waals surface area contributed by atoms with Gasteiger partial charge in [-0.2, -0.15) is 0 Å². The van der Waals surface area contributed by atoms with Crippen molar-refractivity contribution < 1.29 is 90.5 Å². The lowest BCUT2D eigenvalue weighted by atomic mass is 9.84. The van der Waals surface area contributed by atoms with E-state index < -0.39 is 52.3 Å². The van der Waals surface area contributed by atoms with E-state index in [0.717, 1.165) is 0 Å². The summed E-state index contributed by atoms with van der Waals surface area (Å²) in [6.07, 6.45) is -11.2. The number of phosphoric ester groups is 2. The van der Waals surface area contributed by atoms with Crippen molar-refractivity contribution in [3.8, 4) is 0 Å². The Morgan fingerprint density at radius 3 is 1.00 bits per heavy atom. The van der Waals surface area contributed by atoms with Crippen LogP contribution in [0.15, 0.2) is 0 Å². The summed E-state index contributed by atoms with van der Waals surface area (Å²) in [7, 11) is -7.35. The second kappa shape index (κ2) is 22.3. The highest BCUT2D eigenvalue weighted by Crippen LogP contribution is 2.42. The zero-order valence-corrected chi connectivity index (χ0v) is 25.4. The first-order chi connectivity index (χ1) is 20.0. The lowest BCUT2D eigenvalue weighted by Crippen LogP contribution is -2.68. The average Bonchev–Trinajstić information content (AvgIpc) is 2.91. The summed E-state index contributed by atoms with van der Waals surface area (Å²) in [5.74, 6) is 0. The maximum Gasteiger partial charge on any atom is 0.120 e. The van der Waals surface area contributed by atoms with Crippen molar-refractivity contribution in [2.45, 2.75) is 36.6 Å². The molecule has 0 aromatic carbocycles. The van der Waals surface area contributed by atoms with Crippen LogP contribution in [0.1, 0.15) is 0 Å². The van der Waals surface area contributed by atoms with Crippen LogP contribution in [0.5, 0.6) is 0 Å². The fourth-order valence-corrected chi connectivity index (χ4v) is 4.88. The Bertz CT molecular complexity index is 714. The summed E-state index contributed by atoms with van der Waals surface area (Å²) in [5.41, 5.74) is 0. The minimum atomic E-state index is -5.85. The van der Waals surface area contributed by atoms with Gasteiger partial charge in [0.25, 0.3) is 0 Å². The molecule has 6 atom stereocenters. The summed E-state index contributed by atoms with van der Waals surface area (Å²) in [6.45, 7) is 0.0115. The van der Waals surface area contributed by atoms with E-state index in [1.54, 1.807) is 0 Å². The van der Waals surface area contributed by atoms with Crippen molar-refractivity contribution in [1.29, 1.82) is 0 Å². The molecular weight excluding hydrogens is 618 g/mol. The van der Waals surface area contributed by atoms with Crippen LogP contribution in [-0.4, -0.2) is 137 Å². The van der Waals surface area contributed by atoms with Crippen molar-refractivity contribution in [2.75, 3.05) is 101 Å². The molecule has 252 valence electrons. The van der Waals surface area contributed by atoms with Gasteiger partial charge in [0.15, 0.2) is 0 Å². The number of phosphoric acid groups is 2. The van der Waals surface area contributed by atoms with Gasteiger partial charge in [-0.05, 0) is 0 Å². The van der Waals surface area contributed by atoms with E-state index in [9.17, 15) is 34.0 Å². The Kier molecular flexibility index (Phi) is 21.1. The third kappa shape index (κ3) is 16.7. The molecule has 0 amide bonds. The van der Waals surface area contributed by atoms with Crippen LogP contribution >= 0.6 is 15.6 Å². The molecule has 1 fully saturated rings. The molecule has 21 heteroatoms. The van der Waals surface area contributed by atoms with Crippen molar-refractivity contribution in [3.63, 3.8) is 0 Å². The molecule has 19 nitrogen and oxygen atoms in total. The van der Waals surface area contributed by atoms with Gasteiger partial charge in [-0.15, -0.1) is 0 Å². The first kappa shape index (κ1) is 39.8. The molecule has 0 saturated heterocycles. The molecule has 0 aromatic rings. The second-order valence-electron chi connectivity index (χ2n) is 8.42. The highest BCUT2D eigenvalue weighted by atomic mass is 31.2. The van der Waals surface area contributed by atoms with Crippen molar-refractivity contribution in [2.24, 2.45) is 0 Å². The Balaban J connectivity index is 3.33. The molecule has 0 heterocycles. The minimum Gasteiger partial charge on any atom is -0.790 e. The van der Waals surface area contributed by atoms with Crippen LogP contribution in [0.2, 0.25) is 0 Å². The van der Waals surface area contributed by atoms with Gasteiger partial charge < -0.3 is 90.5 Å². The molecule has 0 radical (unpaired) electrons. The molecule has 1 rings (SSSR count). The minimum absolute atomic E-state index is 0.0848. The van der Waals surface area contributed by atoms with Gasteiger partial charge in [0.05, 0.1) is 94.9 Å². The van der Waals surface area contributed by atoms with Crippen molar-refractivity contribution >= 4 is 15.6 Å². The zero-order chi connectivity index (χ0) is 31.4. The van der Waals surface area contributed by atoms with Crippen LogP contribution in [0.25, 0.3) is 0 Å². The standard InChI is InChI=1S/C21H44O19P2/c1-29-4-7-32-10-13-35-16-19(38-22)17(36-14-11-33-8-5-30-2)21(40-42(26,27)28)18(20(16)39-41(23,24)25)37-15-12-34-9-6-31-3/h16-22H,4-15H2,1-3H3,(H2,23,24,25)(H2,26,27,28)/p-5/t16-,17?,18?,19?,20?,21+/m1/s1. The Labute approximate surface area is 243 Å². The largest absolute Gasteiger partial charge is 0.790 e. The summed E-state index contributed by atoms with van der Waals surface area (Å²) >= 11 is 0. The molecule has 0 aromatic heterocycles. The number of ether oxygens (including phenoxy) is 9. The van der Waals surface area contributed by atoms with Gasteiger partial charge in [-0.1, -0.05) is 0 Å². The highest BCUT2D eigenvalue weighted by Gasteiger charge is 2.54. The van der Waals surface area contributed by atoms with Crippen LogP contribution in [-0.2, 0) is 65.7 Å². The van der Waals surface area contributed by atoms with E-state index in [1.165, 1.54) is 21.3 Å². The van der Waals surface area contributed by atoms with Gasteiger partial charge >= 0.3 is 0 Å². The predicted octanol–water partition coefficient (Wildman–Crippen LogP) is -4.77. The summed E-state index contributed by atoms with van der Waals surface area (Å²) in [4.78, 5) is 51.1. The monoisotopic (exact) mass is 657 g/mol. The lowest BCUT2D eigenvalue weighted by molar-refractivity contribution is -0.711. The van der Waals surface area contributed by atoms with E-state index in [2.05, 4.69) is 13.9 Å². The smallest absolute Gasteiger partial charge is 0.120 e. The molecule has 0 N–H and O–H groups in total. The topological polar surface area (TPSA) is 260 Å². The molecule has 1 aliphatic carbocycles. The maximum atomic E-state index is 12.0. The van der Waals surface area contributed by atoms with Crippen LogP contribution in [0, 0.1) is 0 Å². The van der Waals surface area contributed by atoms with Gasteiger partial charge in [0.2, 0.25) is 0 Å². The zero-order valence-electron chi connectivity index (χ0n) is 23.6. The second-order valence-corrected chi connectivity index (χ2v) is 10.6. The summed E-state index contributed by atoms with van der Waals surface area (Å²) < 4.78 is 80.1. The molecular formula is C21H39O19P2-5. The number of methoxy groups -OCH3 is 3. The Hall–Kier alpha value is -0.220. The van der Waals surface area contributed by atoms with Gasteiger partial charge in [-0.25, -0.2) is 0 Å². The average molecular weight is 657 g/mol. The summed E-state index contributed by atoms with van der Waals surface area (Å²) in [5, 5.41) is 12.0. The first-order valence-corrected chi connectivity index (χ1v) is 15.7. The van der Waals surface area contributed by atoms with Crippen LogP contribution in [0.4, 0.5) is 0 Å². The van der Waals surface area contributed by atoms with Crippen LogP contribution in [0.3, 0.4) is 0 Å². The molecule has 0 bridgehead atoms. The normalized spacial score (nSPS) is 25.2. The van der Waals surface area contributed by atoms with E-state index >= 15 is 0 Å². The van der Waals surface area contributed by atoms with Gasteiger partial charge in [0, 0.05) is 21.3 Å². The number of hydrogen-bond acceptors (Lipinski definition) is 19. The quantitative estimate of drug-likeness (QED) is 0.0366.